The minimum atomic E-state index is -0.315. The molecule has 5 nitrogen and oxygen atoms in total. The van der Waals surface area contributed by atoms with Crippen molar-refractivity contribution >= 4 is 22.5 Å². The van der Waals surface area contributed by atoms with E-state index in [1.165, 1.54) is 18.3 Å². The number of anilines is 1. The van der Waals surface area contributed by atoms with Crippen LogP contribution in [0.15, 0.2) is 72.9 Å². The number of halogens is 1. The number of methoxy groups -OCH3 is 1. The molecule has 3 N–H and O–H groups in total. The van der Waals surface area contributed by atoms with Gasteiger partial charge < -0.3 is 15.8 Å². The summed E-state index contributed by atoms with van der Waals surface area (Å²) in [4.78, 5) is 17.0. The molecule has 0 aliphatic heterocycles. The molecule has 4 aromatic rings. The van der Waals surface area contributed by atoms with Gasteiger partial charge in [-0.3, -0.25) is 4.79 Å². The Morgan fingerprint density at radius 1 is 1.03 bits per heavy atom. The second kappa shape index (κ2) is 8.21. The maximum Gasteiger partial charge on any atom is 0.253 e. The van der Waals surface area contributed by atoms with Crippen LogP contribution in [0.25, 0.3) is 21.9 Å². The van der Waals surface area contributed by atoms with Gasteiger partial charge in [-0.15, -0.1) is 0 Å². The number of nitrogens with two attached hydrogens (primary N) is 1. The number of nitrogen functional groups attached to an aromatic ring is 1. The molecule has 1 amide bonds. The van der Waals surface area contributed by atoms with Crippen LogP contribution in [0.5, 0.6) is 5.75 Å². The summed E-state index contributed by atoms with van der Waals surface area (Å²) < 4.78 is 18.8. The monoisotopic (exact) mass is 401 g/mol. The number of rotatable bonds is 5. The van der Waals surface area contributed by atoms with Gasteiger partial charge in [0.1, 0.15) is 17.4 Å². The average Bonchev–Trinajstić information content (AvgIpc) is 2.78. The third kappa shape index (κ3) is 3.93. The lowest BCUT2D eigenvalue weighted by molar-refractivity contribution is 0.0952. The van der Waals surface area contributed by atoms with Crippen molar-refractivity contribution in [2.45, 2.75) is 6.54 Å². The third-order valence-electron chi connectivity index (χ3n) is 4.91. The first-order chi connectivity index (χ1) is 14.5. The lowest BCUT2D eigenvalue weighted by Gasteiger charge is -2.11. The maximum atomic E-state index is 13.6. The summed E-state index contributed by atoms with van der Waals surface area (Å²) in [5, 5.41) is 4.24. The van der Waals surface area contributed by atoms with Crippen molar-refractivity contribution < 1.29 is 13.9 Å². The molecule has 0 saturated carbocycles. The van der Waals surface area contributed by atoms with Crippen LogP contribution in [0.4, 0.5) is 10.2 Å². The molecule has 3 aromatic carbocycles. The van der Waals surface area contributed by atoms with Crippen LogP contribution in [0.3, 0.4) is 0 Å². The van der Waals surface area contributed by atoms with Crippen molar-refractivity contribution in [2.24, 2.45) is 0 Å². The summed E-state index contributed by atoms with van der Waals surface area (Å²) in [5.41, 5.74) is 8.93. The van der Waals surface area contributed by atoms with E-state index in [1.807, 2.05) is 48.5 Å². The standard InChI is InChI=1S/C24H20FN3O2/c1-30-19-7-2-4-15(10-19)13-28-24(29)22-14-27-23(26)21-12-17(8-9-20(21)22)16-5-3-6-18(25)11-16/h2-12,14H,13H2,1H3,(H2,26,27)(H,28,29). The van der Waals surface area contributed by atoms with Crippen LogP contribution in [-0.4, -0.2) is 18.0 Å². The van der Waals surface area contributed by atoms with Gasteiger partial charge in [0.2, 0.25) is 0 Å². The number of hydrogen-bond donors (Lipinski definition) is 2. The van der Waals surface area contributed by atoms with Crippen LogP contribution in [0.2, 0.25) is 0 Å². The molecule has 1 aromatic heterocycles. The summed E-state index contributed by atoms with van der Waals surface area (Å²) in [5.74, 6) is 0.469. The number of carbonyl (C=O) groups excluding carboxylic acids is 1. The minimum absolute atomic E-state index is 0.256. The topological polar surface area (TPSA) is 77.2 Å². The van der Waals surface area contributed by atoms with E-state index in [1.54, 1.807) is 13.2 Å². The highest BCUT2D eigenvalue weighted by molar-refractivity contribution is 6.09. The zero-order chi connectivity index (χ0) is 21.1. The normalized spacial score (nSPS) is 10.7. The van der Waals surface area contributed by atoms with Crippen LogP contribution >= 0.6 is 0 Å². The summed E-state index contributed by atoms with van der Waals surface area (Å²) >= 11 is 0. The Labute approximate surface area is 173 Å². The number of nitrogens with one attached hydrogen (secondary N) is 1. The van der Waals surface area contributed by atoms with Gasteiger partial charge in [0, 0.05) is 18.1 Å². The van der Waals surface area contributed by atoms with Gasteiger partial charge in [0.25, 0.3) is 5.91 Å². The molecular formula is C24H20FN3O2. The third-order valence-corrected chi connectivity index (χ3v) is 4.91. The van der Waals surface area contributed by atoms with Gasteiger partial charge in [0.15, 0.2) is 0 Å². The number of carbonyl (C=O) groups is 1. The lowest BCUT2D eigenvalue weighted by Crippen LogP contribution is -2.23. The second-order valence-corrected chi connectivity index (χ2v) is 6.86. The van der Waals surface area contributed by atoms with Gasteiger partial charge in [-0.05, 0) is 52.4 Å². The summed E-state index contributed by atoms with van der Waals surface area (Å²) in [6.07, 6.45) is 1.47. The molecular weight excluding hydrogens is 381 g/mol. The van der Waals surface area contributed by atoms with Gasteiger partial charge >= 0.3 is 0 Å². The van der Waals surface area contributed by atoms with E-state index in [0.717, 1.165) is 22.4 Å². The summed E-state index contributed by atoms with van der Waals surface area (Å²) in [6, 6.07) is 19.3. The molecule has 30 heavy (non-hydrogen) atoms. The Kier molecular flexibility index (Phi) is 5.30. The fourth-order valence-corrected chi connectivity index (χ4v) is 3.35. The van der Waals surface area contributed by atoms with Crippen molar-refractivity contribution in [3.63, 3.8) is 0 Å². The number of hydrogen-bond acceptors (Lipinski definition) is 4. The Morgan fingerprint density at radius 2 is 1.83 bits per heavy atom. The summed E-state index contributed by atoms with van der Waals surface area (Å²) in [7, 11) is 1.60. The first kappa shape index (κ1) is 19.4. The summed E-state index contributed by atoms with van der Waals surface area (Å²) in [6.45, 7) is 0.350. The molecule has 0 bridgehead atoms. The van der Waals surface area contributed by atoms with E-state index < -0.39 is 0 Å². The van der Waals surface area contributed by atoms with E-state index in [-0.39, 0.29) is 11.7 Å². The predicted molar refractivity (Wildman–Crippen MR) is 116 cm³/mol. The van der Waals surface area contributed by atoms with E-state index >= 15 is 0 Å². The first-order valence-corrected chi connectivity index (χ1v) is 9.40. The highest BCUT2D eigenvalue weighted by Gasteiger charge is 2.14. The molecule has 0 radical (unpaired) electrons. The van der Waals surface area contributed by atoms with Crippen LogP contribution in [0, 0.1) is 5.82 Å². The number of nitrogens with zero attached hydrogens (tertiary/aromatic N) is 1. The Balaban J connectivity index is 1.64. The largest absolute Gasteiger partial charge is 0.497 e. The van der Waals surface area contributed by atoms with Crippen LogP contribution in [0.1, 0.15) is 15.9 Å². The number of fused-ring (bicyclic) bond motifs is 1. The van der Waals surface area contributed by atoms with E-state index in [2.05, 4.69) is 10.3 Å². The number of pyridine rings is 1. The maximum absolute atomic E-state index is 13.6. The zero-order valence-corrected chi connectivity index (χ0v) is 16.4. The molecule has 150 valence electrons. The number of aromatic nitrogens is 1. The first-order valence-electron chi connectivity index (χ1n) is 9.40. The van der Waals surface area contributed by atoms with Crippen molar-refractivity contribution in [3.05, 3.63) is 89.9 Å². The minimum Gasteiger partial charge on any atom is -0.497 e. The molecule has 0 spiro atoms. The van der Waals surface area contributed by atoms with Gasteiger partial charge in [-0.25, -0.2) is 9.37 Å². The Bertz CT molecular complexity index is 1240. The quantitative estimate of drug-likeness (QED) is 0.514. The molecule has 1 heterocycles. The average molecular weight is 401 g/mol. The molecule has 6 heteroatoms. The molecule has 0 unspecified atom stereocenters. The Hall–Kier alpha value is -3.93. The van der Waals surface area contributed by atoms with Crippen LogP contribution in [-0.2, 0) is 6.54 Å². The molecule has 4 rings (SSSR count). The van der Waals surface area contributed by atoms with Crippen molar-refractivity contribution in [2.75, 3.05) is 12.8 Å². The number of benzene rings is 3. The molecule has 0 aliphatic rings. The highest BCUT2D eigenvalue weighted by Crippen LogP contribution is 2.29. The molecule has 0 atom stereocenters. The molecule has 0 aliphatic carbocycles. The van der Waals surface area contributed by atoms with E-state index in [0.29, 0.717) is 28.7 Å². The van der Waals surface area contributed by atoms with Crippen LogP contribution < -0.4 is 15.8 Å². The SMILES string of the molecule is COc1cccc(CNC(=O)c2cnc(N)c3cc(-c4cccc(F)c4)ccc23)c1. The van der Waals surface area contributed by atoms with Gasteiger partial charge in [-0.2, -0.15) is 0 Å². The molecule has 0 fully saturated rings. The highest BCUT2D eigenvalue weighted by atomic mass is 19.1. The van der Waals surface area contributed by atoms with Gasteiger partial charge in [0.05, 0.1) is 12.7 Å². The fraction of sp³-hybridized carbons (Fsp3) is 0.0833. The van der Waals surface area contributed by atoms with Crippen molar-refractivity contribution in [1.82, 2.24) is 10.3 Å². The molecule has 0 saturated heterocycles. The predicted octanol–water partition coefficient (Wildman–Crippen LogP) is 4.56. The van der Waals surface area contributed by atoms with Crippen molar-refractivity contribution in [3.8, 4) is 16.9 Å². The zero-order valence-electron chi connectivity index (χ0n) is 16.4. The van der Waals surface area contributed by atoms with E-state index in [9.17, 15) is 9.18 Å². The Morgan fingerprint density at radius 3 is 2.63 bits per heavy atom. The number of ether oxygens (including phenoxy) is 1. The van der Waals surface area contributed by atoms with E-state index in [4.69, 9.17) is 10.5 Å². The second-order valence-electron chi connectivity index (χ2n) is 6.86. The fourth-order valence-electron chi connectivity index (χ4n) is 3.35. The lowest BCUT2D eigenvalue weighted by atomic mass is 9.99. The smallest absolute Gasteiger partial charge is 0.253 e. The number of amides is 1. The van der Waals surface area contributed by atoms with Gasteiger partial charge in [-0.1, -0.05) is 36.4 Å². The van der Waals surface area contributed by atoms with Crippen molar-refractivity contribution in [1.29, 1.82) is 0 Å².